The Morgan fingerprint density at radius 1 is 0.852 bits per heavy atom. The number of carboxylic acids is 2. The number of amidine groups is 2. The van der Waals surface area contributed by atoms with Crippen molar-refractivity contribution in [2.24, 2.45) is 11.5 Å². The van der Waals surface area contributed by atoms with E-state index in [0.29, 0.717) is 0 Å². The first-order chi connectivity index (χ1) is 12.6. The van der Waals surface area contributed by atoms with Gasteiger partial charge < -0.3 is 10.2 Å². The predicted octanol–water partition coefficient (Wildman–Crippen LogP) is -3.90. The van der Waals surface area contributed by atoms with Crippen molar-refractivity contribution in [1.82, 2.24) is 0 Å². The van der Waals surface area contributed by atoms with Gasteiger partial charge in [-0.2, -0.15) is 16.8 Å². The van der Waals surface area contributed by atoms with Gasteiger partial charge in [0.1, 0.15) is 13.1 Å². The fourth-order valence-corrected chi connectivity index (χ4v) is 6.10. The number of nitrogens with zero attached hydrogens (tertiary/aromatic N) is 2. The molecule has 6 N–H and O–H groups in total. The molecule has 0 atom stereocenters. The standard InChI is InChI=1S/C11H12N4O8S4/c12-9-14(1-3-24-9)11(5(7(16)17)26(20)21,6(8(18)19)27(22)23)15-2-4-25-10(15)13/h12-13H,1-4H2,(H2,16,17,18,19)/p+2. The van der Waals surface area contributed by atoms with Crippen LogP contribution in [-0.4, -0.2) is 98.5 Å². The van der Waals surface area contributed by atoms with E-state index in [1.807, 2.05) is 0 Å². The summed E-state index contributed by atoms with van der Waals surface area (Å²) in [5.74, 6) is -3.54. The number of carbonyl (C=O) groups is 2. The van der Waals surface area contributed by atoms with Crippen LogP contribution in [0.2, 0.25) is 0 Å². The van der Waals surface area contributed by atoms with Crippen molar-refractivity contribution >= 4 is 76.1 Å². The summed E-state index contributed by atoms with van der Waals surface area (Å²) in [6, 6.07) is 0. The molecule has 0 bridgehead atoms. The molecule has 0 aromatic rings. The Labute approximate surface area is 163 Å². The zero-order valence-electron chi connectivity index (χ0n) is 13.4. The van der Waals surface area contributed by atoms with Crippen molar-refractivity contribution < 1.29 is 45.8 Å². The van der Waals surface area contributed by atoms with Gasteiger partial charge in [0.2, 0.25) is 20.6 Å². The summed E-state index contributed by atoms with van der Waals surface area (Å²) in [7, 11) is -7.02. The van der Waals surface area contributed by atoms with Crippen LogP contribution >= 0.6 is 23.5 Å². The molecule has 27 heavy (non-hydrogen) atoms. The van der Waals surface area contributed by atoms with Crippen LogP contribution in [0, 0.1) is 0 Å². The van der Waals surface area contributed by atoms with Crippen LogP contribution in [-0.2, 0) is 30.2 Å². The first-order valence-corrected chi connectivity index (χ1v) is 11.1. The van der Waals surface area contributed by atoms with Crippen LogP contribution in [0.1, 0.15) is 0 Å². The SMILES string of the molecule is NC1=[N+](C(C(C(=O)O)=S(=O)=O)(C(C(=O)O)=S(=O)=O)[N+]2=C(N)SCC2)CCS1. The lowest BCUT2D eigenvalue weighted by atomic mass is 9.98. The van der Waals surface area contributed by atoms with Crippen molar-refractivity contribution in [3.63, 3.8) is 0 Å². The molecule has 0 aliphatic carbocycles. The molecule has 2 aliphatic rings. The molecule has 12 nitrogen and oxygen atoms in total. The molecule has 0 saturated heterocycles. The Hall–Kier alpha value is -2.04. The van der Waals surface area contributed by atoms with Gasteiger partial charge in [-0.1, -0.05) is 0 Å². The summed E-state index contributed by atoms with van der Waals surface area (Å²) in [5.41, 5.74) is 8.96. The van der Waals surface area contributed by atoms with Gasteiger partial charge in [-0.3, -0.25) is 11.5 Å². The summed E-state index contributed by atoms with van der Waals surface area (Å²) in [6.45, 7) is -0.209. The maximum absolute atomic E-state index is 11.9. The van der Waals surface area contributed by atoms with E-state index in [-0.39, 0.29) is 34.9 Å². The van der Waals surface area contributed by atoms with E-state index in [9.17, 15) is 36.6 Å². The molecule has 0 amide bonds. The fourth-order valence-electron chi connectivity index (χ4n) is 2.91. The Balaban J connectivity index is 3.25. The second-order valence-electron chi connectivity index (χ2n) is 5.09. The van der Waals surface area contributed by atoms with Gasteiger partial charge in [0.15, 0.2) is 0 Å². The van der Waals surface area contributed by atoms with Crippen molar-refractivity contribution in [3.05, 3.63) is 0 Å². The average Bonchev–Trinajstić information content (AvgIpc) is 3.13. The number of hydrogen-bond acceptors (Lipinski definition) is 10. The monoisotopic (exact) mass is 458 g/mol. The Morgan fingerprint density at radius 2 is 1.19 bits per heavy atom. The minimum absolute atomic E-state index is 0.104. The highest BCUT2D eigenvalue weighted by atomic mass is 32.2. The zero-order chi connectivity index (χ0) is 20.5. The number of carboxylic acid groups (broad SMARTS) is 2. The number of aliphatic carboxylic acids is 2. The average molecular weight is 459 g/mol. The molecule has 0 unspecified atom stereocenters. The second kappa shape index (κ2) is 7.91. The zero-order valence-corrected chi connectivity index (χ0v) is 16.6. The van der Waals surface area contributed by atoms with Gasteiger partial charge in [-0.05, 0) is 23.5 Å². The largest absolute Gasteiger partial charge is 0.477 e. The van der Waals surface area contributed by atoms with Crippen molar-refractivity contribution in [3.8, 4) is 0 Å². The lowest BCUT2D eigenvalue weighted by Crippen LogP contribution is -2.69. The van der Waals surface area contributed by atoms with Gasteiger partial charge >= 0.3 is 27.9 Å². The molecule has 2 heterocycles. The summed E-state index contributed by atoms with van der Waals surface area (Å²) in [6.07, 6.45) is 0. The minimum Gasteiger partial charge on any atom is -0.477 e. The quantitative estimate of drug-likeness (QED) is 0.223. The lowest BCUT2D eigenvalue weighted by Gasteiger charge is -2.29. The molecule has 148 valence electrons. The van der Waals surface area contributed by atoms with E-state index in [0.717, 1.165) is 32.7 Å². The van der Waals surface area contributed by atoms with Crippen molar-refractivity contribution in [1.29, 1.82) is 0 Å². The molecule has 0 aromatic heterocycles. The highest BCUT2D eigenvalue weighted by Gasteiger charge is 2.65. The van der Waals surface area contributed by atoms with Gasteiger partial charge in [-0.15, -0.1) is 0 Å². The molecule has 2 aliphatic heterocycles. The number of thioether (sulfide) groups is 2. The van der Waals surface area contributed by atoms with Crippen LogP contribution in [0.25, 0.3) is 0 Å². The maximum Gasteiger partial charge on any atom is 0.357 e. The number of nitrogens with two attached hydrogens (primary N) is 2. The van der Waals surface area contributed by atoms with Crippen molar-refractivity contribution in [2.75, 3.05) is 24.6 Å². The minimum atomic E-state index is -3.51. The van der Waals surface area contributed by atoms with Crippen LogP contribution < -0.4 is 11.5 Å². The molecule has 2 rings (SSSR count). The third-order valence-electron chi connectivity index (χ3n) is 3.80. The smallest absolute Gasteiger partial charge is 0.357 e. The Kier molecular flexibility index (Phi) is 6.23. The highest BCUT2D eigenvalue weighted by Crippen LogP contribution is 2.28. The van der Waals surface area contributed by atoms with Gasteiger partial charge in [0.05, 0.1) is 0 Å². The lowest BCUT2D eigenvalue weighted by molar-refractivity contribution is -0.775. The fraction of sp³-hybridized carbons (Fsp3) is 0.455. The van der Waals surface area contributed by atoms with E-state index >= 15 is 0 Å². The molecule has 16 heteroatoms. The molecular weight excluding hydrogens is 444 g/mol. The van der Waals surface area contributed by atoms with Crippen molar-refractivity contribution in [2.45, 2.75) is 5.66 Å². The first kappa shape index (κ1) is 21.3. The van der Waals surface area contributed by atoms with Crippen LogP contribution in [0.15, 0.2) is 0 Å². The van der Waals surface area contributed by atoms with E-state index < -0.39 is 47.9 Å². The summed E-state index contributed by atoms with van der Waals surface area (Å²) in [4.78, 5) is 20.9. The summed E-state index contributed by atoms with van der Waals surface area (Å²) >= 11 is 1.99. The molecule has 0 saturated carbocycles. The van der Waals surface area contributed by atoms with Gasteiger partial charge in [0.25, 0.3) is 9.73 Å². The van der Waals surface area contributed by atoms with E-state index in [1.54, 1.807) is 0 Å². The normalized spacial score (nSPS) is 17.2. The number of rotatable bonds is 6. The molecular formula is C11H14N4O8S4+2. The first-order valence-electron chi connectivity index (χ1n) is 7.02. The van der Waals surface area contributed by atoms with Crippen LogP contribution in [0.5, 0.6) is 0 Å². The third-order valence-corrected chi connectivity index (χ3v) is 7.19. The summed E-state index contributed by atoms with van der Waals surface area (Å²) < 4.78 is 49.4. The van der Waals surface area contributed by atoms with E-state index in [2.05, 4.69) is 0 Å². The molecule has 0 radical (unpaired) electrons. The predicted molar refractivity (Wildman–Crippen MR) is 99.4 cm³/mol. The topological polar surface area (TPSA) is 201 Å². The second-order valence-corrected chi connectivity index (χ2v) is 9.07. The number of hydrogen-bond donors (Lipinski definition) is 4. The van der Waals surface area contributed by atoms with Crippen LogP contribution in [0.3, 0.4) is 0 Å². The highest BCUT2D eigenvalue weighted by molar-refractivity contribution is 8.14. The third kappa shape index (κ3) is 3.44. The Morgan fingerprint density at radius 3 is 1.37 bits per heavy atom. The molecule has 0 spiro atoms. The van der Waals surface area contributed by atoms with Gasteiger partial charge in [-0.25, -0.2) is 18.7 Å². The maximum atomic E-state index is 11.9. The van der Waals surface area contributed by atoms with Gasteiger partial charge in [0, 0.05) is 11.5 Å². The molecule has 0 fully saturated rings. The molecule has 0 aromatic carbocycles. The van der Waals surface area contributed by atoms with E-state index in [4.69, 9.17) is 11.5 Å². The summed E-state index contributed by atoms with van der Waals surface area (Å²) in [5, 5.41) is 18.9. The Bertz CT molecular complexity index is 968. The van der Waals surface area contributed by atoms with E-state index in [1.165, 1.54) is 0 Å². The van der Waals surface area contributed by atoms with Crippen LogP contribution in [0.4, 0.5) is 0 Å².